The number of benzene rings is 2. The third-order valence-corrected chi connectivity index (χ3v) is 8.62. The highest BCUT2D eigenvalue weighted by atomic mass is 32.2. The summed E-state index contributed by atoms with van der Waals surface area (Å²) in [5.41, 5.74) is 2.90. The molecule has 1 saturated heterocycles. The van der Waals surface area contributed by atoms with Gasteiger partial charge in [0.2, 0.25) is 16.0 Å². The van der Waals surface area contributed by atoms with Crippen molar-refractivity contribution < 1.29 is 30.6 Å². The van der Waals surface area contributed by atoms with Crippen LogP contribution in [0.1, 0.15) is 22.8 Å². The lowest BCUT2D eigenvalue weighted by Gasteiger charge is -2.34. The summed E-state index contributed by atoms with van der Waals surface area (Å²) in [6.45, 7) is 3.39. The van der Waals surface area contributed by atoms with Crippen molar-refractivity contribution in [2.75, 3.05) is 50.5 Å². The van der Waals surface area contributed by atoms with E-state index in [9.17, 15) is 21.6 Å². The van der Waals surface area contributed by atoms with E-state index in [4.69, 9.17) is 8.92 Å². The summed E-state index contributed by atoms with van der Waals surface area (Å²) in [6.07, 6.45) is 4.26. The molecular weight excluding hydrogens is 544 g/mol. The summed E-state index contributed by atoms with van der Waals surface area (Å²) in [7, 11) is -7.19. The zero-order valence-electron chi connectivity index (χ0n) is 21.7. The van der Waals surface area contributed by atoms with Crippen LogP contribution in [0.4, 0.5) is 5.95 Å². The van der Waals surface area contributed by atoms with Gasteiger partial charge in [0, 0.05) is 38.6 Å². The maximum absolute atomic E-state index is 13.3. The molecule has 13 heteroatoms. The third-order valence-electron chi connectivity index (χ3n) is 6.11. The van der Waals surface area contributed by atoms with Crippen molar-refractivity contribution in [1.29, 1.82) is 0 Å². The van der Waals surface area contributed by atoms with Gasteiger partial charge >= 0.3 is 5.97 Å². The lowest BCUT2D eigenvalue weighted by molar-refractivity contribution is 0.0525. The van der Waals surface area contributed by atoms with E-state index in [2.05, 4.69) is 9.97 Å². The first-order valence-corrected chi connectivity index (χ1v) is 15.6. The lowest BCUT2D eigenvalue weighted by atomic mass is 10.0. The molecule has 1 fully saturated rings. The van der Waals surface area contributed by atoms with Crippen LogP contribution in [0.25, 0.3) is 11.1 Å². The van der Waals surface area contributed by atoms with Crippen LogP contribution in [0.3, 0.4) is 0 Å². The summed E-state index contributed by atoms with van der Waals surface area (Å²) in [5.74, 6) is -0.0625. The summed E-state index contributed by atoms with van der Waals surface area (Å²) in [6, 6.07) is 14.3. The molecule has 2 aromatic carbocycles. The smallest absolute Gasteiger partial charge is 0.341 e. The number of aromatic nitrogens is 2. The normalized spacial score (nSPS) is 14.8. The van der Waals surface area contributed by atoms with Crippen LogP contribution in [0.2, 0.25) is 0 Å². The average Bonchev–Trinajstić information content (AvgIpc) is 2.93. The van der Waals surface area contributed by atoms with Gasteiger partial charge < -0.3 is 9.64 Å². The van der Waals surface area contributed by atoms with E-state index in [0.29, 0.717) is 25.5 Å². The molecule has 1 aliphatic heterocycles. The molecule has 39 heavy (non-hydrogen) atoms. The number of rotatable bonds is 10. The van der Waals surface area contributed by atoms with Crippen LogP contribution in [-0.4, -0.2) is 82.7 Å². The van der Waals surface area contributed by atoms with Gasteiger partial charge in [0.25, 0.3) is 10.1 Å². The van der Waals surface area contributed by atoms with Crippen molar-refractivity contribution in [3.05, 3.63) is 72.1 Å². The van der Waals surface area contributed by atoms with Gasteiger partial charge in [-0.05, 0) is 42.2 Å². The van der Waals surface area contributed by atoms with E-state index in [0.717, 1.165) is 22.9 Å². The van der Waals surface area contributed by atoms with Crippen LogP contribution in [0.5, 0.6) is 0 Å². The summed E-state index contributed by atoms with van der Waals surface area (Å²) in [5, 5.41) is 0. The average molecular weight is 575 g/mol. The SMILES string of the molecule is CCOC(=O)c1cnc(N2CCN(S(=O)(=O)c3ccc(-c4cccc(CCOS(C)(=O)=O)c4)cc3)CC2)nc1. The molecule has 0 radical (unpaired) electrons. The molecule has 3 aromatic rings. The van der Waals surface area contributed by atoms with Gasteiger partial charge in [0.15, 0.2) is 0 Å². The van der Waals surface area contributed by atoms with Crippen molar-refractivity contribution >= 4 is 32.1 Å². The van der Waals surface area contributed by atoms with Gasteiger partial charge in [-0.2, -0.15) is 12.7 Å². The molecule has 0 aliphatic carbocycles. The fourth-order valence-corrected chi connectivity index (χ4v) is 5.93. The van der Waals surface area contributed by atoms with Gasteiger partial charge in [-0.3, -0.25) is 4.18 Å². The molecule has 0 N–H and O–H groups in total. The quantitative estimate of drug-likeness (QED) is 0.262. The van der Waals surface area contributed by atoms with E-state index in [1.807, 2.05) is 29.2 Å². The molecule has 0 bridgehead atoms. The molecule has 0 saturated carbocycles. The largest absolute Gasteiger partial charge is 0.462 e. The van der Waals surface area contributed by atoms with Crippen molar-refractivity contribution in [3.8, 4) is 11.1 Å². The minimum atomic E-state index is -3.69. The maximum Gasteiger partial charge on any atom is 0.341 e. The van der Waals surface area contributed by atoms with Crippen molar-refractivity contribution in [3.63, 3.8) is 0 Å². The Morgan fingerprint density at radius 3 is 2.21 bits per heavy atom. The zero-order chi connectivity index (χ0) is 28.0. The van der Waals surface area contributed by atoms with Crippen LogP contribution in [-0.2, 0) is 35.5 Å². The number of nitrogens with zero attached hydrogens (tertiary/aromatic N) is 4. The van der Waals surface area contributed by atoms with Crippen molar-refractivity contribution in [2.24, 2.45) is 0 Å². The Balaban J connectivity index is 1.37. The first-order valence-electron chi connectivity index (χ1n) is 12.3. The third kappa shape index (κ3) is 7.38. The molecule has 1 aromatic heterocycles. The number of carbonyl (C=O) groups excluding carboxylic acids is 1. The minimum Gasteiger partial charge on any atom is -0.462 e. The molecule has 1 aliphatic rings. The van der Waals surface area contributed by atoms with E-state index in [1.54, 1.807) is 31.2 Å². The Kier molecular flexibility index (Phi) is 8.95. The number of sulfonamides is 1. The standard InChI is InChI=1S/C26H30N4O7S2/c1-3-36-25(31)23-18-27-26(28-19-23)29-12-14-30(15-13-29)39(34,35)24-9-7-21(8-10-24)22-6-4-5-20(17-22)11-16-37-38(2,32)33/h4-10,17-19H,3,11-16H2,1-2H3. The number of piperazine rings is 1. The van der Waals surface area contributed by atoms with Crippen LogP contribution >= 0.6 is 0 Å². The molecule has 4 rings (SSSR count). The minimum absolute atomic E-state index is 0.0533. The number of carbonyl (C=O) groups is 1. The van der Waals surface area contributed by atoms with Crippen LogP contribution in [0, 0.1) is 0 Å². The Labute approximate surface area is 228 Å². The monoisotopic (exact) mass is 574 g/mol. The molecule has 0 amide bonds. The van der Waals surface area contributed by atoms with Gasteiger partial charge in [0.1, 0.15) is 0 Å². The van der Waals surface area contributed by atoms with Gasteiger partial charge in [-0.1, -0.05) is 36.4 Å². The number of ether oxygens (including phenoxy) is 1. The fourth-order valence-electron chi connectivity index (χ4n) is 4.12. The molecule has 0 spiro atoms. The van der Waals surface area contributed by atoms with Crippen molar-refractivity contribution in [1.82, 2.24) is 14.3 Å². The van der Waals surface area contributed by atoms with E-state index >= 15 is 0 Å². The number of anilines is 1. The van der Waals surface area contributed by atoms with E-state index < -0.39 is 26.1 Å². The molecule has 208 valence electrons. The maximum atomic E-state index is 13.3. The van der Waals surface area contributed by atoms with Crippen molar-refractivity contribution in [2.45, 2.75) is 18.2 Å². The van der Waals surface area contributed by atoms with Gasteiger partial charge in [0.05, 0.1) is 29.9 Å². The summed E-state index contributed by atoms with van der Waals surface area (Å²) < 4.78 is 60.1. The number of hydrogen-bond acceptors (Lipinski definition) is 10. The Morgan fingerprint density at radius 2 is 1.59 bits per heavy atom. The second kappa shape index (κ2) is 12.2. The summed E-state index contributed by atoms with van der Waals surface area (Å²) in [4.78, 5) is 22.3. The molecule has 11 nitrogen and oxygen atoms in total. The highest BCUT2D eigenvalue weighted by Crippen LogP contribution is 2.25. The van der Waals surface area contributed by atoms with Crippen LogP contribution < -0.4 is 4.90 Å². The zero-order valence-corrected chi connectivity index (χ0v) is 23.3. The second-order valence-corrected chi connectivity index (χ2v) is 12.5. The van der Waals surface area contributed by atoms with Gasteiger partial charge in [-0.25, -0.2) is 23.2 Å². The number of esters is 1. The van der Waals surface area contributed by atoms with Crippen LogP contribution in [0.15, 0.2) is 65.8 Å². The lowest BCUT2D eigenvalue weighted by Crippen LogP contribution is -2.49. The topological polar surface area (TPSA) is 136 Å². The second-order valence-electron chi connectivity index (χ2n) is 8.88. The Bertz CT molecular complexity index is 1500. The molecule has 0 unspecified atom stereocenters. The number of hydrogen-bond donors (Lipinski definition) is 0. The van der Waals surface area contributed by atoms with Gasteiger partial charge in [-0.15, -0.1) is 0 Å². The Hall–Kier alpha value is -3.39. The predicted octanol–water partition coefficient (Wildman–Crippen LogP) is 2.35. The highest BCUT2D eigenvalue weighted by Gasteiger charge is 2.29. The highest BCUT2D eigenvalue weighted by molar-refractivity contribution is 7.89. The Morgan fingerprint density at radius 1 is 0.923 bits per heavy atom. The molecule has 2 heterocycles. The summed E-state index contributed by atoms with van der Waals surface area (Å²) >= 11 is 0. The van der Waals surface area contributed by atoms with E-state index in [-0.39, 0.29) is 36.8 Å². The molecule has 0 atom stereocenters. The van der Waals surface area contributed by atoms with E-state index in [1.165, 1.54) is 16.7 Å². The first-order chi connectivity index (χ1) is 18.6. The molecular formula is C26H30N4O7S2. The fraction of sp³-hybridized carbons (Fsp3) is 0.346. The first kappa shape index (κ1) is 28.6. The predicted molar refractivity (Wildman–Crippen MR) is 145 cm³/mol.